The molecular weight excluding hydrogens is 349 g/mol. The standard InChI is InChI=1S/C17H17ClFN3O3/c1-22-8-11-10(3-2-4-14(11)25-17(20)24)15(22)16(23)21-9-5-6-13(19)12(18)7-9/h5-8,14H,2-4H2,1H3,(H2,20,24)(H,21,23). The zero-order valence-corrected chi connectivity index (χ0v) is 14.3. The highest BCUT2D eigenvalue weighted by molar-refractivity contribution is 6.31. The number of anilines is 1. The number of amides is 2. The number of hydrogen-bond acceptors (Lipinski definition) is 3. The molecule has 132 valence electrons. The zero-order valence-electron chi connectivity index (χ0n) is 13.5. The van der Waals surface area contributed by atoms with Gasteiger partial charge in [0, 0.05) is 24.5 Å². The maximum absolute atomic E-state index is 13.2. The molecule has 1 unspecified atom stereocenters. The number of nitrogens with two attached hydrogens (primary N) is 1. The van der Waals surface area contributed by atoms with Crippen molar-refractivity contribution in [2.24, 2.45) is 12.8 Å². The average molecular weight is 366 g/mol. The lowest BCUT2D eigenvalue weighted by Crippen LogP contribution is -2.21. The number of halogens is 2. The largest absolute Gasteiger partial charge is 0.441 e. The molecule has 1 aromatic heterocycles. The average Bonchev–Trinajstić information content (AvgIpc) is 2.87. The Hall–Kier alpha value is -2.54. The number of ether oxygens (including phenoxy) is 1. The van der Waals surface area contributed by atoms with Crippen molar-refractivity contribution in [1.82, 2.24) is 4.57 Å². The zero-order chi connectivity index (χ0) is 18.1. The van der Waals surface area contributed by atoms with Crippen LogP contribution in [0, 0.1) is 5.82 Å². The van der Waals surface area contributed by atoms with Crippen LogP contribution in [0.1, 0.15) is 40.6 Å². The minimum Gasteiger partial charge on any atom is -0.441 e. The molecule has 2 aromatic rings. The van der Waals surface area contributed by atoms with Gasteiger partial charge in [-0.15, -0.1) is 0 Å². The van der Waals surface area contributed by atoms with Gasteiger partial charge >= 0.3 is 6.09 Å². The number of carbonyl (C=O) groups excluding carboxylic acids is 2. The Labute approximate surface area is 148 Å². The summed E-state index contributed by atoms with van der Waals surface area (Å²) in [6.07, 6.45) is 2.62. The Morgan fingerprint density at radius 2 is 2.20 bits per heavy atom. The van der Waals surface area contributed by atoms with Crippen LogP contribution in [0.4, 0.5) is 14.9 Å². The molecule has 0 bridgehead atoms. The smallest absolute Gasteiger partial charge is 0.405 e. The van der Waals surface area contributed by atoms with Crippen LogP contribution in [-0.4, -0.2) is 16.6 Å². The third kappa shape index (κ3) is 3.46. The van der Waals surface area contributed by atoms with Gasteiger partial charge < -0.3 is 20.4 Å². The summed E-state index contributed by atoms with van der Waals surface area (Å²) in [6.45, 7) is 0. The van der Waals surface area contributed by atoms with Gasteiger partial charge in [0.05, 0.1) is 5.02 Å². The summed E-state index contributed by atoms with van der Waals surface area (Å²) in [7, 11) is 1.74. The van der Waals surface area contributed by atoms with Gasteiger partial charge in [-0.25, -0.2) is 9.18 Å². The van der Waals surface area contributed by atoms with Gasteiger partial charge in [-0.2, -0.15) is 0 Å². The highest BCUT2D eigenvalue weighted by Crippen LogP contribution is 2.35. The third-order valence-corrected chi connectivity index (χ3v) is 4.50. The van der Waals surface area contributed by atoms with E-state index in [1.165, 1.54) is 18.2 Å². The van der Waals surface area contributed by atoms with Gasteiger partial charge in [-0.3, -0.25) is 4.79 Å². The Morgan fingerprint density at radius 1 is 1.44 bits per heavy atom. The van der Waals surface area contributed by atoms with E-state index in [0.717, 1.165) is 17.5 Å². The first-order valence-corrected chi connectivity index (χ1v) is 8.15. The van der Waals surface area contributed by atoms with Crippen LogP contribution in [0.3, 0.4) is 0 Å². The van der Waals surface area contributed by atoms with Gasteiger partial charge in [-0.05, 0) is 43.0 Å². The van der Waals surface area contributed by atoms with Crippen molar-refractivity contribution in [3.8, 4) is 0 Å². The number of carbonyl (C=O) groups is 2. The van der Waals surface area contributed by atoms with E-state index in [1.807, 2.05) is 0 Å². The summed E-state index contributed by atoms with van der Waals surface area (Å²) in [6, 6.07) is 3.98. The maximum atomic E-state index is 13.2. The molecule has 0 fully saturated rings. The molecule has 8 heteroatoms. The Kier molecular flexibility index (Phi) is 4.67. The predicted molar refractivity (Wildman–Crippen MR) is 91.1 cm³/mol. The highest BCUT2D eigenvalue weighted by Gasteiger charge is 2.30. The first-order valence-electron chi connectivity index (χ1n) is 7.77. The van der Waals surface area contributed by atoms with E-state index in [0.29, 0.717) is 24.2 Å². The van der Waals surface area contributed by atoms with E-state index in [2.05, 4.69) is 5.32 Å². The monoisotopic (exact) mass is 365 g/mol. The van der Waals surface area contributed by atoms with E-state index in [1.54, 1.807) is 17.8 Å². The lowest BCUT2D eigenvalue weighted by Gasteiger charge is -2.22. The topological polar surface area (TPSA) is 86.3 Å². The number of primary amides is 1. The van der Waals surface area contributed by atoms with Crippen LogP contribution in [0.2, 0.25) is 5.02 Å². The first-order chi connectivity index (χ1) is 11.9. The van der Waals surface area contributed by atoms with E-state index in [-0.39, 0.29) is 10.9 Å². The SMILES string of the molecule is Cn1cc2c(c1C(=O)Nc1ccc(F)c(Cl)c1)CCCC2OC(N)=O. The molecule has 6 nitrogen and oxygen atoms in total. The van der Waals surface area contributed by atoms with Crippen LogP contribution in [0.15, 0.2) is 24.4 Å². The number of fused-ring (bicyclic) bond motifs is 1. The van der Waals surface area contributed by atoms with E-state index in [9.17, 15) is 14.0 Å². The molecule has 0 radical (unpaired) electrons. The quantitative estimate of drug-likeness (QED) is 0.872. The summed E-state index contributed by atoms with van der Waals surface area (Å²) >= 11 is 5.74. The number of rotatable bonds is 3. The van der Waals surface area contributed by atoms with Crippen LogP contribution < -0.4 is 11.1 Å². The van der Waals surface area contributed by atoms with Crippen molar-refractivity contribution >= 4 is 29.3 Å². The van der Waals surface area contributed by atoms with Crippen molar-refractivity contribution in [2.45, 2.75) is 25.4 Å². The van der Waals surface area contributed by atoms with Crippen molar-refractivity contribution < 1.29 is 18.7 Å². The van der Waals surface area contributed by atoms with Crippen molar-refractivity contribution in [1.29, 1.82) is 0 Å². The molecule has 1 heterocycles. The first kappa shape index (κ1) is 17.3. The molecule has 25 heavy (non-hydrogen) atoms. The molecule has 1 aliphatic rings. The van der Waals surface area contributed by atoms with Crippen molar-refractivity contribution in [3.63, 3.8) is 0 Å². The molecule has 0 saturated heterocycles. The van der Waals surface area contributed by atoms with Crippen molar-refractivity contribution in [2.75, 3.05) is 5.32 Å². The number of aryl methyl sites for hydroxylation is 1. The molecule has 1 aromatic carbocycles. The molecule has 0 saturated carbocycles. The van der Waals surface area contributed by atoms with Crippen LogP contribution in [-0.2, 0) is 18.2 Å². The van der Waals surface area contributed by atoms with Gasteiger partial charge in [0.25, 0.3) is 5.91 Å². The maximum Gasteiger partial charge on any atom is 0.405 e. The second-order valence-corrected chi connectivity index (χ2v) is 6.33. The fraction of sp³-hybridized carbons (Fsp3) is 0.294. The molecule has 3 N–H and O–H groups in total. The fourth-order valence-electron chi connectivity index (χ4n) is 3.18. The van der Waals surface area contributed by atoms with Crippen LogP contribution in [0.5, 0.6) is 0 Å². The second-order valence-electron chi connectivity index (χ2n) is 5.92. The Balaban J connectivity index is 1.89. The lowest BCUT2D eigenvalue weighted by atomic mass is 9.91. The molecule has 3 rings (SSSR count). The molecule has 1 atom stereocenters. The minimum absolute atomic E-state index is 0.0679. The fourth-order valence-corrected chi connectivity index (χ4v) is 3.37. The summed E-state index contributed by atoms with van der Waals surface area (Å²) < 4.78 is 20.1. The lowest BCUT2D eigenvalue weighted by molar-refractivity contribution is 0.0959. The molecule has 0 aliphatic heterocycles. The van der Waals surface area contributed by atoms with E-state index in [4.69, 9.17) is 22.1 Å². The molecule has 2 amide bonds. The van der Waals surface area contributed by atoms with Gasteiger partial charge in [0.15, 0.2) is 0 Å². The highest BCUT2D eigenvalue weighted by atomic mass is 35.5. The number of nitrogens with zero attached hydrogens (tertiary/aromatic N) is 1. The van der Waals surface area contributed by atoms with Gasteiger partial charge in [0.2, 0.25) is 0 Å². The van der Waals surface area contributed by atoms with Gasteiger partial charge in [-0.1, -0.05) is 11.6 Å². The number of nitrogens with one attached hydrogen (secondary N) is 1. The predicted octanol–water partition coefficient (Wildman–Crippen LogP) is 3.54. The summed E-state index contributed by atoms with van der Waals surface area (Å²) in [4.78, 5) is 23.8. The summed E-state index contributed by atoms with van der Waals surface area (Å²) in [5, 5.41) is 2.65. The summed E-state index contributed by atoms with van der Waals surface area (Å²) in [5.74, 6) is -0.895. The van der Waals surface area contributed by atoms with Gasteiger partial charge in [0.1, 0.15) is 17.6 Å². The van der Waals surface area contributed by atoms with E-state index < -0.39 is 18.0 Å². The molecule has 0 spiro atoms. The van der Waals surface area contributed by atoms with Crippen LogP contribution >= 0.6 is 11.6 Å². The molecule has 1 aliphatic carbocycles. The van der Waals surface area contributed by atoms with E-state index >= 15 is 0 Å². The molecular formula is C17H17ClFN3O3. The number of aromatic nitrogens is 1. The van der Waals surface area contributed by atoms with Crippen molar-refractivity contribution in [3.05, 3.63) is 52.1 Å². The van der Waals surface area contributed by atoms with Crippen LogP contribution in [0.25, 0.3) is 0 Å². The third-order valence-electron chi connectivity index (χ3n) is 4.21. The Morgan fingerprint density at radius 3 is 2.88 bits per heavy atom. The second kappa shape index (κ2) is 6.76. The number of hydrogen-bond donors (Lipinski definition) is 2. The Bertz CT molecular complexity index is 850. The minimum atomic E-state index is -0.839. The normalized spacial score (nSPS) is 16.2. The number of benzene rings is 1. The summed E-state index contributed by atoms with van der Waals surface area (Å²) in [5.41, 5.74) is 7.60.